The van der Waals surface area contributed by atoms with Crippen LogP contribution >= 0.6 is 46.4 Å². The third-order valence-corrected chi connectivity index (χ3v) is 7.03. The molecule has 3 N–H and O–H groups in total. The van der Waals surface area contributed by atoms with Gasteiger partial charge in [-0.3, -0.25) is 4.55 Å². The number of hydrogen-bond donors (Lipinski definition) is 3. The summed E-state index contributed by atoms with van der Waals surface area (Å²) in [5.41, 5.74) is -0.393. The molecule has 0 saturated heterocycles. The Kier molecular flexibility index (Phi) is 5.98. The van der Waals surface area contributed by atoms with Crippen molar-refractivity contribution in [2.24, 2.45) is 0 Å². The summed E-state index contributed by atoms with van der Waals surface area (Å²) in [5, 5.41) is 19.7. The summed E-state index contributed by atoms with van der Waals surface area (Å²) in [4.78, 5) is 0. The van der Waals surface area contributed by atoms with Crippen LogP contribution in [-0.2, 0) is 14.9 Å². The zero-order valence-corrected chi connectivity index (χ0v) is 18.1. The predicted octanol–water partition coefficient (Wildman–Crippen LogP) is 5.89. The molecule has 29 heavy (non-hydrogen) atoms. The molecule has 3 aromatic rings. The summed E-state index contributed by atoms with van der Waals surface area (Å²) in [6.45, 7) is 0. The van der Waals surface area contributed by atoms with E-state index in [1.807, 2.05) is 0 Å². The molecular weight excluding hydrogens is 482 g/mol. The normalized spacial score (nSPS) is 13.8. The number of phenolic OH excluding ortho intramolecular Hbond substituents is 2. The lowest BCUT2D eigenvalue weighted by Gasteiger charge is -2.34. The van der Waals surface area contributed by atoms with Gasteiger partial charge in [-0.15, -0.1) is 0 Å². The quantitative estimate of drug-likeness (QED) is 0.239. The molecule has 152 valence electrons. The molecule has 0 aliphatic carbocycles. The summed E-state index contributed by atoms with van der Waals surface area (Å²) < 4.78 is 34.1. The van der Waals surface area contributed by atoms with Crippen molar-refractivity contribution in [3.8, 4) is 11.5 Å². The van der Waals surface area contributed by atoms with Crippen molar-refractivity contribution in [3.63, 3.8) is 0 Å². The highest BCUT2D eigenvalue weighted by Gasteiger charge is 2.51. The standard InChI is InChI=1S/C19H12Cl4O5S/c20-11-3-1-2-10(8-11)19(29(26,27)28,14-9-12(21)4-6-15(14)22)13-5-7-16(24)18(25)17(13)23/h1-9,24-25H,(H,26,27,28). The molecule has 0 aliphatic heterocycles. The van der Waals surface area contributed by atoms with Crippen LogP contribution in [0.4, 0.5) is 0 Å². The van der Waals surface area contributed by atoms with E-state index in [9.17, 15) is 23.2 Å². The fraction of sp³-hybridized carbons (Fsp3) is 0.0526. The predicted molar refractivity (Wildman–Crippen MR) is 114 cm³/mol. The molecule has 0 bridgehead atoms. The lowest BCUT2D eigenvalue weighted by atomic mass is 9.83. The third kappa shape index (κ3) is 3.65. The van der Waals surface area contributed by atoms with Gasteiger partial charge in [0.25, 0.3) is 10.1 Å². The van der Waals surface area contributed by atoms with E-state index in [4.69, 9.17) is 46.4 Å². The van der Waals surface area contributed by atoms with Crippen molar-refractivity contribution >= 4 is 56.5 Å². The van der Waals surface area contributed by atoms with E-state index in [1.165, 1.54) is 42.5 Å². The van der Waals surface area contributed by atoms with Crippen LogP contribution in [0.2, 0.25) is 20.1 Å². The van der Waals surface area contributed by atoms with Crippen molar-refractivity contribution in [1.29, 1.82) is 0 Å². The zero-order valence-electron chi connectivity index (χ0n) is 14.3. The Morgan fingerprint density at radius 1 is 0.793 bits per heavy atom. The molecule has 3 rings (SSSR count). The van der Waals surface area contributed by atoms with Gasteiger partial charge in [0.1, 0.15) is 0 Å². The molecule has 0 spiro atoms. The van der Waals surface area contributed by atoms with Crippen molar-refractivity contribution in [3.05, 3.63) is 91.4 Å². The molecule has 0 aliphatic rings. The molecule has 0 fully saturated rings. The van der Waals surface area contributed by atoms with Crippen LogP contribution in [0.25, 0.3) is 0 Å². The SMILES string of the molecule is O=S(=O)(O)C(c1cccc(Cl)c1)(c1cc(Cl)ccc1Cl)c1ccc(O)c(O)c1Cl. The molecule has 3 aromatic carbocycles. The minimum atomic E-state index is -5.07. The van der Waals surface area contributed by atoms with Crippen molar-refractivity contribution < 1.29 is 23.2 Å². The van der Waals surface area contributed by atoms with Gasteiger partial charge >= 0.3 is 0 Å². The molecule has 0 saturated carbocycles. The van der Waals surface area contributed by atoms with Gasteiger partial charge in [-0.05, 0) is 42.0 Å². The Morgan fingerprint density at radius 3 is 2.07 bits per heavy atom. The topological polar surface area (TPSA) is 94.8 Å². The summed E-state index contributed by atoms with van der Waals surface area (Å²) in [6.07, 6.45) is 0. The molecule has 0 heterocycles. The van der Waals surface area contributed by atoms with Crippen LogP contribution in [0, 0.1) is 0 Å². The Labute approximate surface area is 186 Å². The first-order valence-electron chi connectivity index (χ1n) is 7.89. The van der Waals surface area contributed by atoms with Crippen molar-refractivity contribution in [1.82, 2.24) is 0 Å². The van der Waals surface area contributed by atoms with Gasteiger partial charge in [0.15, 0.2) is 16.2 Å². The van der Waals surface area contributed by atoms with E-state index < -0.39 is 31.4 Å². The summed E-state index contributed by atoms with van der Waals surface area (Å²) >= 11 is 24.7. The van der Waals surface area contributed by atoms with Gasteiger partial charge in [-0.2, -0.15) is 8.42 Å². The Bertz CT molecular complexity index is 1210. The lowest BCUT2D eigenvalue weighted by molar-refractivity contribution is 0.402. The van der Waals surface area contributed by atoms with Crippen LogP contribution < -0.4 is 0 Å². The van der Waals surface area contributed by atoms with Crippen molar-refractivity contribution in [2.45, 2.75) is 4.75 Å². The van der Waals surface area contributed by atoms with Gasteiger partial charge < -0.3 is 10.2 Å². The second-order valence-corrected chi connectivity index (χ2v) is 9.31. The zero-order chi connectivity index (χ0) is 21.6. The molecule has 1 unspecified atom stereocenters. The Morgan fingerprint density at radius 2 is 1.45 bits per heavy atom. The van der Waals surface area contributed by atoms with Crippen LogP contribution in [-0.4, -0.2) is 23.2 Å². The number of phenols is 2. The molecule has 1 atom stereocenters. The number of benzene rings is 3. The third-order valence-electron chi connectivity index (χ3n) is 4.40. The second kappa shape index (κ2) is 7.87. The van der Waals surface area contributed by atoms with Gasteiger partial charge in [0.2, 0.25) is 0 Å². The number of halogens is 4. The molecule has 0 aromatic heterocycles. The maximum Gasteiger partial charge on any atom is 0.283 e. The number of rotatable bonds is 4. The minimum Gasteiger partial charge on any atom is -0.504 e. The highest BCUT2D eigenvalue weighted by Crippen LogP contribution is 2.52. The molecule has 0 radical (unpaired) electrons. The van der Waals surface area contributed by atoms with Gasteiger partial charge in [-0.1, -0.05) is 64.6 Å². The second-order valence-electron chi connectivity index (χ2n) is 6.09. The largest absolute Gasteiger partial charge is 0.504 e. The summed E-state index contributed by atoms with van der Waals surface area (Å²) in [5.74, 6) is -1.34. The van der Waals surface area contributed by atoms with E-state index in [0.29, 0.717) is 0 Å². The first kappa shape index (κ1) is 22.0. The van der Waals surface area contributed by atoms with E-state index in [2.05, 4.69) is 0 Å². The van der Waals surface area contributed by atoms with E-state index >= 15 is 0 Å². The Hall–Kier alpha value is -1.67. The van der Waals surface area contributed by atoms with Crippen LogP contribution in [0.15, 0.2) is 54.6 Å². The van der Waals surface area contributed by atoms with Crippen LogP contribution in [0.5, 0.6) is 11.5 Å². The number of aromatic hydroxyl groups is 2. The molecule has 0 amide bonds. The summed E-state index contributed by atoms with van der Waals surface area (Å²) in [6, 6.07) is 12.0. The minimum absolute atomic E-state index is 0.0105. The highest BCUT2D eigenvalue weighted by molar-refractivity contribution is 7.87. The van der Waals surface area contributed by atoms with E-state index in [-0.39, 0.29) is 31.8 Å². The maximum absolute atomic E-state index is 13.0. The first-order chi connectivity index (χ1) is 13.5. The van der Waals surface area contributed by atoms with Crippen LogP contribution in [0.3, 0.4) is 0 Å². The monoisotopic (exact) mass is 492 g/mol. The molecule has 10 heteroatoms. The van der Waals surface area contributed by atoms with Gasteiger partial charge in [0.05, 0.1) is 5.02 Å². The summed E-state index contributed by atoms with van der Waals surface area (Å²) in [7, 11) is -5.07. The van der Waals surface area contributed by atoms with Crippen molar-refractivity contribution in [2.75, 3.05) is 0 Å². The molecular formula is C19H12Cl4O5S. The maximum atomic E-state index is 13.0. The van der Waals surface area contributed by atoms with E-state index in [1.54, 1.807) is 0 Å². The van der Waals surface area contributed by atoms with Gasteiger partial charge in [0, 0.05) is 26.2 Å². The van der Waals surface area contributed by atoms with Crippen LogP contribution in [0.1, 0.15) is 16.7 Å². The number of hydrogen-bond acceptors (Lipinski definition) is 4. The fourth-order valence-corrected chi connectivity index (χ4v) is 5.54. The molecule has 5 nitrogen and oxygen atoms in total. The van der Waals surface area contributed by atoms with Gasteiger partial charge in [-0.25, -0.2) is 0 Å². The lowest BCUT2D eigenvalue weighted by Crippen LogP contribution is -2.39. The smallest absolute Gasteiger partial charge is 0.283 e. The fourth-order valence-electron chi connectivity index (χ4n) is 3.18. The average molecular weight is 494 g/mol. The van der Waals surface area contributed by atoms with E-state index in [0.717, 1.165) is 12.1 Å². The Balaban J connectivity index is 2.63. The first-order valence-corrected chi connectivity index (χ1v) is 10.8. The average Bonchev–Trinajstić information content (AvgIpc) is 2.64. The highest BCUT2D eigenvalue weighted by atomic mass is 35.5.